The summed E-state index contributed by atoms with van der Waals surface area (Å²) in [6.07, 6.45) is 11.7. The molecular formula is C10H19N. The number of hydrogen-bond donors (Lipinski definition) is 0. The van der Waals surface area contributed by atoms with Gasteiger partial charge >= 0.3 is 0 Å². The maximum Gasteiger partial charge on any atom is 0.0495 e. The predicted molar refractivity (Wildman–Crippen MR) is 50.3 cm³/mol. The molecule has 1 fully saturated rings. The fourth-order valence-corrected chi connectivity index (χ4v) is 1.79. The molecule has 1 aliphatic rings. The lowest BCUT2D eigenvalue weighted by molar-refractivity contribution is 0.456. The minimum Gasteiger partial charge on any atom is -0.295 e. The zero-order valence-electron chi connectivity index (χ0n) is 7.55. The second-order valence-corrected chi connectivity index (χ2v) is 3.41. The Morgan fingerprint density at radius 3 is 2.09 bits per heavy atom. The molecule has 0 spiro atoms. The highest BCUT2D eigenvalue weighted by atomic mass is 14.8. The average Bonchev–Trinajstić information content (AvgIpc) is 1.94. The largest absolute Gasteiger partial charge is 0.295 e. The first-order valence-electron chi connectivity index (χ1n) is 4.91. The van der Waals surface area contributed by atoms with Gasteiger partial charge in [-0.3, -0.25) is 4.99 Å². The Morgan fingerprint density at radius 2 is 1.55 bits per heavy atom. The van der Waals surface area contributed by atoms with E-state index in [1.54, 1.807) is 0 Å². The zero-order chi connectivity index (χ0) is 7.94. The first-order chi connectivity index (χ1) is 5.43. The van der Waals surface area contributed by atoms with Gasteiger partial charge in [0.15, 0.2) is 0 Å². The lowest BCUT2D eigenvalue weighted by Crippen LogP contribution is -2.06. The molecule has 0 unspecified atom stereocenters. The van der Waals surface area contributed by atoms with E-state index in [9.17, 15) is 0 Å². The molecule has 64 valence electrons. The molecule has 0 bridgehead atoms. The van der Waals surface area contributed by atoms with Gasteiger partial charge in [0.05, 0.1) is 0 Å². The van der Waals surface area contributed by atoms with Gasteiger partial charge in [0, 0.05) is 6.04 Å². The second kappa shape index (κ2) is 5.34. The smallest absolute Gasteiger partial charge is 0.0495 e. The summed E-state index contributed by atoms with van der Waals surface area (Å²) in [4.78, 5) is 4.46. The molecule has 0 aromatic heterocycles. The Kier molecular flexibility index (Phi) is 4.25. The maximum atomic E-state index is 4.46. The highest BCUT2D eigenvalue weighted by Gasteiger charge is 2.07. The molecular weight excluding hydrogens is 134 g/mol. The van der Waals surface area contributed by atoms with E-state index in [1.807, 2.05) is 13.1 Å². The van der Waals surface area contributed by atoms with Crippen molar-refractivity contribution in [2.24, 2.45) is 4.99 Å². The Bertz CT molecular complexity index is 110. The molecule has 0 heterocycles. The average molecular weight is 153 g/mol. The minimum absolute atomic E-state index is 0.653. The summed E-state index contributed by atoms with van der Waals surface area (Å²) in [5, 5.41) is 0. The van der Waals surface area contributed by atoms with Crippen LogP contribution in [-0.4, -0.2) is 12.3 Å². The number of aliphatic imine (C=N–C) groups is 1. The maximum absolute atomic E-state index is 4.46. The van der Waals surface area contributed by atoms with Crippen LogP contribution in [0.2, 0.25) is 0 Å². The van der Waals surface area contributed by atoms with E-state index in [0.29, 0.717) is 6.04 Å². The molecule has 0 aromatic rings. The standard InChI is InChI=1S/C10H19N/c1-2-11-10-8-6-4-3-5-7-9-10/h2,10H,3-9H2,1H3. The van der Waals surface area contributed by atoms with Crippen molar-refractivity contribution >= 4 is 6.21 Å². The molecule has 0 atom stereocenters. The summed E-state index contributed by atoms with van der Waals surface area (Å²) in [6, 6.07) is 0.653. The van der Waals surface area contributed by atoms with Crippen LogP contribution in [0.4, 0.5) is 0 Å². The van der Waals surface area contributed by atoms with Crippen LogP contribution in [0.5, 0.6) is 0 Å². The normalized spacial score (nSPS) is 23.4. The van der Waals surface area contributed by atoms with Gasteiger partial charge in [-0.25, -0.2) is 0 Å². The van der Waals surface area contributed by atoms with E-state index in [2.05, 4.69) is 4.99 Å². The van der Waals surface area contributed by atoms with Gasteiger partial charge in [-0.1, -0.05) is 32.1 Å². The highest BCUT2D eigenvalue weighted by molar-refractivity contribution is 5.53. The van der Waals surface area contributed by atoms with Crippen molar-refractivity contribution in [2.75, 3.05) is 0 Å². The van der Waals surface area contributed by atoms with E-state index >= 15 is 0 Å². The van der Waals surface area contributed by atoms with E-state index in [4.69, 9.17) is 0 Å². The molecule has 1 rings (SSSR count). The molecule has 1 saturated carbocycles. The van der Waals surface area contributed by atoms with E-state index in [1.165, 1.54) is 44.9 Å². The van der Waals surface area contributed by atoms with Crippen molar-refractivity contribution in [1.29, 1.82) is 0 Å². The Hall–Kier alpha value is -0.330. The highest BCUT2D eigenvalue weighted by Crippen LogP contribution is 2.18. The van der Waals surface area contributed by atoms with Crippen molar-refractivity contribution in [1.82, 2.24) is 0 Å². The van der Waals surface area contributed by atoms with Gasteiger partial charge < -0.3 is 0 Å². The Balaban J connectivity index is 2.26. The molecule has 1 nitrogen and oxygen atoms in total. The lowest BCUT2D eigenvalue weighted by Gasteiger charge is -2.14. The van der Waals surface area contributed by atoms with Crippen LogP contribution < -0.4 is 0 Å². The van der Waals surface area contributed by atoms with Gasteiger partial charge in [-0.15, -0.1) is 0 Å². The lowest BCUT2D eigenvalue weighted by atomic mass is 9.97. The van der Waals surface area contributed by atoms with Crippen LogP contribution in [0.15, 0.2) is 4.99 Å². The first-order valence-corrected chi connectivity index (χ1v) is 4.91. The van der Waals surface area contributed by atoms with Crippen molar-refractivity contribution in [3.63, 3.8) is 0 Å². The summed E-state index contributed by atoms with van der Waals surface area (Å²) in [5.74, 6) is 0. The minimum atomic E-state index is 0.653. The van der Waals surface area contributed by atoms with E-state index in [-0.39, 0.29) is 0 Å². The fourth-order valence-electron chi connectivity index (χ4n) is 1.79. The topological polar surface area (TPSA) is 12.4 Å². The third-order valence-corrected chi connectivity index (χ3v) is 2.43. The molecule has 0 aromatic carbocycles. The summed E-state index contributed by atoms with van der Waals surface area (Å²) < 4.78 is 0. The van der Waals surface area contributed by atoms with Crippen LogP contribution in [0.1, 0.15) is 51.9 Å². The zero-order valence-corrected chi connectivity index (χ0v) is 7.55. The van der Waals surface area contributed by atoms with Crippen molar-refractivity contribution in [3.8, 4) is 0 Å². The van der Waals surface area contributed by atoms with Crippen LogP contribution in [0, 0.1) is 0 Å². The van der Waals surface area contributed by atoms with Gasteiger partial charge in [0.25, 0.3) is 0 Å². The van der Waals surface area contributed by atoms with Gasteiger partial charge in [-0.05, 0) is 26.0 Å². The van der Waals surface area contributed by atoms with Crippen molar-refractivity contribution in [3.05, 3.63) is 0 Å². The number of nitrogens with zero attached hydrogens (tertiary/aromatic N) is 1. The summed E-state index contributed by atoms with van der Waals surface area (Å²) in [6.45, 7) is 2.03. The molecule has 0 amide bonds. The summed E-state index contributed by atoms with van der Waals surface area (Å²) in [5.41, 5.74) is 0. The van der Waals surface area contributed by atoms with Gasteiger partial charge in [-0.2, -0.15) is 0 Å². The third-order valence-electron chi connectivity index (χ3n) is 2.43. The molecule has 0 aliphatic heterocycles. The fraction of sp³-hybridized carbons (Fsp3) is 0.900. The van der Waals surface area contributed by atoms with Crippen LogP contribution >= 0.6 is 0 Å². The molecule has 11 heavy (non-hydrogen) atoms. The predicted octanol–water partition coefficient (Wildman–Crippen LogP) is 3.19. The van der Waals surface area contributed by atoms with Gasteiger partial charge in [0.2, 0.25) is 0 Å². The van der Waals surface area contributed by atoms with Crippen molar-refractivity contribution < 1.29 is 0 Å². The SMILES string of the molecule is CC=NC1CCCCCCC1. The molecule has 0 radical (unpaired) electrons. The summed E-state index contributed by atoms with van der Waals surface area (Å²) in [7, 11) is 0. The number of rotatable bonds is 1. The first kappa shape index (κ1) is 8.76. The monoisotopic (exact) mass is 153 g/mol. The van der Waals surface area contributed by atoms with E-state index < -0.39 is 0 Å². The summed E-state index contributed by atoms with van der Waals surface area (Å²) >= 11 is 0. The van der Waals surface area contributed by atoms with Crippen LogP contribution in [-0.2, 0) is 0 Å². The third kappa shape index (κ3) is 3.54. The Labute approximate surface area is 69.9 Å². The number of hydrogen-bond acceptors (Lipinski definition) is 1. The van der Waals surface area contributed by atoms with Crippen molar-refractivity contribution in [2.45, 2.75) is 57.9 Å². The molecule has 0 N–H and O–H groups in total. The molecule has 0 saturated heterocycles. The quantitative estimate of drug-likeness (QED) is 0.513. The molecule has 1 heteroatoms. The van der Waals surface area contributed by atoms with E-state index in [0.717, 1.165) is 0 Å². The Morgan fingerprint density at radius 1 is 1.00 bits per heavy atom. The van der Waals surface area contributed by atoms with Crippen LogP contribution in [0.3, 0.4) is 0 Å². The van der Waals surface area contributed by atoms with Crippen LogP contribution in [0.25, 0.3) is 0 Å². The second-order valence-electron chi connectivity index (χ2n) is 3.41. The molecule has 1 aliphatic carbocycles. The van der Waals surface area contributed by atoms with Gasteiger partial charge in [0.1, 0.15) is 0 Å².